The molecule has 0 saturated heterocycles. The molecule has 2 aliphatic carbocycles. The Kier molecular flexibility index (Phi) is 3.96. The number of hydrogen-bond acceptors (Lipinski definition) is 2. The average Bonchev–Trinajstić information content (AvgIpc) is 3.10. The molecule has 0 radical (unpaired) electrons. The first-order valence-corrected chi connectivity index (χ1v) is 7.94. The van der Waals surface area contributed by atoms with E-state index in [1.165, 1.54) is 25.7 Å². The van der Waals surface area contributed by atoms with Crippen molar-refractivity contribution in [2.45, 2.75) is 45.1 Å². The third-order valence-corrected chi connectivity index (χ3v) is 5.27. The van der Waals surface area contributed by atoms with Crippen LogP contribution in [0.2, 0.25) is 0 Å². The largest absolute Gasteiger partial charge is 0.353 e. The molecule has 1 aromatic carbocycles. The van der Waals surface area contributed by atoms with Crippen LogP contribution in [0.25, 0.3) is 0 Å². The van der Waals surface area contributed by atoms with Crippen molar-refractivity contribution in [1.82, 2.24) is 5.32 Å². The maximum atomic E-state index is 12.2. The van der Waals surface area contributed by atoms with Crippen LogP contribution in [0.1, 0.15) is 43.7 Å². The summed E-state index contributed by atoms with van der Waals surface area (Å²) in [5, 5.41) is 12.0. The number of carbonyl (C=O) groups excluding carboxylic acids is 1. The fourth-order valence-electron chi connectivity index (χ4n) is 4.20. The second-order valence-corrected chi connectivity index (χ2v) is 6.68. The van der Waals surface area contributed by atoms with E-state index < -0.39 is 0 Å². The quantitative estimate of drug-likeness (QED) is 0.922. The lowest BCUT2D eigenvalue weighted by Gasteiger charge is -2.28. The van der Waals surface area contributed by atoms with E-state index in [0.29, 0.717) is 17.9 Å². The number of nitriles is 1. The summed E-state index contributed by atoms with van der Waals surface area (Å²) in [5.41, 5.74) is 1.60. The van der Waals surface area contributed by atoms with Crippen molar-refractivity contribution < 1.29 is 4.79 Å². The van der Waals surface area contributed by atoms with Crippen LogP contribution in [0.3, 0.4) is 0 Å². The van der Waals surface area contributed by atoms with Gasteiger partial charge in [0.25, 0.3) is 0 Å². The molecule has 0 spiro atoms. The van der Waals surface area contributed by atoms with Gasteiger partial charge in [-0.3, -0.25) is 4.79 Å². The molecule has 0 aromatic heterocycles. The molecule has 3 heteroatoms. The van der Waals surface area contributed by atoms with Gasteiger partial charge in [-0.05, 0) is 61.6 Å². The van der Waals surface area contributed by atoms with E-state index in [4.69, 9.17) is 5.26 Å². The van der Waals surface area contributed by atoms with E-state index in [2.05, 4.69) is 18.3 Å². The van der Waals surface area contributed by atoms with Crippen molar-refractivity contribution in [3.8, 4) is 6.07 Å². The predicted octanol–water partition coefficient (Wildman–Crippen LogP) is 3.04. The number of benzene rings is 1. The molecular formula is C18H22N2O. The Labute approximate surface area is 126 Å². The Bertz CT molecular complexity index is 558. The molecule has 1 aromatic rings. The summed E-state index contributed by atoms with van der Waals surface area (Å²) >= 11 is 0. The number of nitrogens with zero attached hydrogens (tertiary/aromatic N) is 1. The lowest BCUT2D eigenvalue weighted by atomic mass is 9.84. The van der Waals surface area contributed by atoms with Gasteiger partial charge in [-0.15, -0.1) is 0 Å². The van der Waals surface area contributed by atoms with Gasteiger partial charge < -0.3 is 5.32 Å². The predicted molar refractivity (Wildman–Crippen MR) is 81.4 cm³/mol. The standard InChI is InChI=1S/C18H22N2O/c1-12(17-9-15-6-7-16(17)8-15)20-18(21)10-13-2-4-14(11-19)5-3-13/h2-5,12,15-17H,6-10H2,1H3,(H,20,21). The average molecular weight is 282 g/mol. The van der Waals surface area contributed by atoms with Crippen LogP contribution in [-0.4, -0.2) is 11.9 Å². The summed E-state index contributed by atoms with van der Waals surface area (Å²) in [5.74, 6) is 2.52. The molecular weight excluding hydrogens is 260 g/mol. The number of carbonyl (C=O) groups is 1. The second kappa shape index (κ2) is 5.89. The molecule has 3 rings (SSSR count). The first kappa shape index (κ1) is 14.1. The first-order chi connectivity index (χ1) is 10.2. The van der Waals surface area contributed by atoms with Gasteiger partial charge in [-0.25, -0.2) is 0 Å². The summed E-state index contributed by atoms with van der Waals surface area (Å²) in [6, 6.07) is 9.63. The minimum Gasteiger partial charge on any atom is -0.353 e. The van der Waals surface area contributed by atoms with E-state index in [0.717, 1.165) is 17.4 Å². The second-order valence-electron chi connectivity index (χ2n) is 6.68. The van der Waals surface area contributed by atoms with Gasteiger partial charge >= 0.3 is 0 Å². The molecule has 21 heavy (non-hydrogen) atoms. The topological polar surface area (TPSA) is 52.9 Å². The highest BCUT2D eigenvalue weighted by Gasteiger charge is 2.42. The number of nitrogens with one attached hydrogen (secondary N) is 1. The SMILES string of the molecule is CC(NC(=O)Cc1ccc(C#N)cc1)C1CC2CCC1C2. The number of rotatable bonds is 4. The normalized spacial score (nSPS) is 28.1. The van der Waals surface area contributed by atoms with Crippen molar-refractivity contribution >= 4 is 5.91 Å². The molecule has 3 nitrogen and oxygen atoms in total. The van der Waals surface area contributed by atoms with Gasteiger partial charge in [0.15, 0.2) is 0 Å². The lowest BCUT2D eigenvalue weighted by Crippen LogP contribution is -2.40. The Morgan fingerprint density at radius 1 is 1.33 bits per heavy atom. The molecule has 0 aliphatic heterocycles. The number of fused-ring (bicyclic) bond motifs is 2. The highest BCUT2D eigenvalue weighted by Crippen LogP contribution is 2.49. The van der Waals surface area contributed by atoms with E-state index in [1.807, 2.05) is 12.1 Å². The minimum atomic E-state index is 0.0926. The maximum Gasteiger partial charge on any atom is 0.224 e. The van der Waals surface area contributed by atoms with Gasteiger partial charge in [0, 0.05) is 6.04 Å². The van der Waals surface area contributed by atoms with Crippen molar-refractivity contribution in [3.05, 3.63) is 35.4 Å². The highest BCUT2D eigenvalue weighted by molar-refractivity contribution is 5.78. The van der Waals surface area contributed by atoms with Crippen LogP contribution in [0.5, 0.6) is 0 Å². The van der Waals surface area contributed by atoms with Gasteiger partial charge in [-0.1, -0.05) is 18.6 Å². The zero-order valence-electron chi connectivity index (χ0n) is 12.5. The molecule has 4 atom stereocenters. The molecule has 4 unspecified atom stereocenters. The van der Waals surface area contributed by atoms with Crippen molar-refractivity contribution in [1.29, 1.82) is 5.26 Å². The van der Waals surface area contributed by atoms with Crippen LogP contribution < -0.4 is 5.32 Å². The van der Waals surface area contributed by atoms with Gasteiger partial charge in [0.2, 0.25) is 5.91 Å². The van der Waals surface area contributed by atoms with Crippen molar-refractivity contribution in [2.24, 2.45) is 17.8 Å². The minimum absolute atomic E-state index is 0.0926. The van der Waals surface area contributed by atoms with E-state index in [1.54, 1.807) is 12.1 Å². The summed E-state index contributed by atoms with van der Waals surface area (Å²) in [7, 11) is 0. The fraction of sp³-hybridized carbons (Fsp3) is 0.556. The molecule has 1 N–H and O–H groups in total. The van der Waals surface area contributed by atoms with Crippen molar-refractivity contribution in [2.75, 3.05) is 0 Å². The van der Waals surface area contributed by atoms with Crippen LogP contribution in [0, 0.1) is 29.1 Å². The molecule has 1 amide bonds. The van der Waals surface area contributed by atoms with Gasteiger partial charge in [0.05, 0.1) is 18.1 Å². The fourth-order valence-corrected chi connectivity index (χ4v) is 4.20. The lowest BCUT2D eigenvalue weighted by molar-refractivity contribution is -0.121. The van der Waals surface area contributed by atoms with E-state index in [-0.39, 0.29) is 11.9 Å². The molecule has 2 saturated carbocycles. The molecule has 2 fully saturated rings. The molecule has 2 aliphatic rings. The summed E-state index contributed by atoms with van der Waals surface area (Å²) in [6.45, 7) is 2.15. The zero-order chi connectivity index (χ0) is 14.8. The Morgan fingerprint density at radius 2 is 2.10 bits per heavy atom. The number of amides is 1. The van der Waals surface area contributed by atoms with Crippen LogP contribution >= 0.6 is 0 Å². The molecule has 0 heterocycles. The maximum absolute atomic E-state index is 12.2. The Hall–Kier alpha value is -1.82. The molecule has 110 valence electrons. The first-order valence-electron chi connectivity index (χ1n) is 7.94. The zero-order valence-corrected chi connectivity index (χ0v) is 12.5. The summed E-state index contributed by atoms with van der Waals surface area (Å²) in [4.78, 5) is 12.2. The smallest absolute Gasteiger partial charge is 0.224 e. The summed E-state index contributed by atoms with van der Waals surface area (Å²) < 4.78 is 0. The van der Waals surface area contributed by atoms with Gasteiger partial charge in [0.1, 0.15) is 0 Å². The Balaban J connectivity index is 1.52. The van der Waals surface area contributed by atoms with E-state index >= 15 is 0 Å². The van der Waals surface area contributed by atoms with E-state index in [9.17, 15) is 4.79 Å². The van der Waals surface area contributed by atoms with Crippen LogP contribution in [-0.2, 0) is 11.2 Å². The third-order valence-electron chi connectivity index (χ3n) is 5.27. The third kappa shape index (κ3) is 3.10. The monoisotopic (exact) mass is 282 g/mol. The van der Waals surface area contributed by atoms with Gasteiger partial charge in [-0.2, -0.15) is 5.26 Å². The highest BCUT2D eigenvalue weighted by atomic mass is 16.1. The van der Waals surface area contributed by atoms with Crippen LogP contribution in [0.4, 0.5) is 0 Å². The van der Waals surface area contributed by atoms with Crippen molar-refractivity contribution in [3.63, 3.8) is 0 Å². The molecule has 2 bridgehead atoms. The number of hydrogen-bond donors (Lipinski definition) is 1. The summed E-state index contributed by atoms with van der Waals surface area (Å²) in [6.07, 6.45) is 5.82. The Morgan fingerprint density at radius 3 is 2.67 bits per heavy atom. The van der Waals surface area contributed by atoms with Crippen LogP contribution in [0.15, 0.2) is 24.3 Å².